The van der Waals surface area contributed by atoms with E-state index in [-0.39, 0.29) is 18.0 Å². The molecule has 2 aromatic rings. The Morgan fingerprint density at radius 2 is 2.09 bits per heavy atom. The van der Waals surface area contributed by atoms with Gasteiger partial charge in [-0.05, 0) is 43.3 Å². The van der Waals surface area contributed by atoms with E-state index in [1.807, 2.05) is 11.9 Å². The Labute approximate surface area is 133 Å². The molecule has 1 fully saturated rings. The van der Waals surface area contributed by atoms with Crippen LogP contribution in [0.1, 0.15) is 28.5 Å². The number of likely N-dealkylation sites (N-methyl/N-ethyl adjacent to an activating group) is 1. The predicted molar refractivity (Wildman–Crippen MR) is 81.8 cm³/mol. The minimum absolute atomic E-state index is 0.181. The van der Waals surface area contributed by atoms with Gasteiger partial charge >= 0.3 is 0 Å². The summed E-state index contributed by atoms with van der Waals surface area (Å²) in [7, 11) is 1.90. The molecule has 1 aliphatic heterocycles. The minimum atomic E-state index is -0.877. The van der Waals surface area contributed by atoms with Gasteiger partial charge in [0.25, 0.3) is 5.91 Å². The Bertz CT molecular complexity index is 708. The van der Waals surface area contributed by atoms with E-state index >= 15 is 0 Å². The summed E-state index contributed by atoms with van der Waals surface area (Å²) < 4.78 is 26.7. The lowest BCUT2D eigenvalue weighted by Crippen LogP contribution is -2.39. The van der Waals surface area contributed by atoms with E-state index in [9.17, 15) is 13.6 Å². The molecule has 1 N–H and O–H groups in total. The van der Waals surface area contributed by atoms with Crippen molar-refractivity contribution in [3.63, 3.8) is 0 Å². The number of carbonyl (C=O) groups excluding carboxylic acids is 1. The quantitative estimate of drug-likeness (QED) is 0.946. The molecular formula is C17H17F2N3O. The van der Waals surface area contributed by atoms with Crippen molar-refractivity contribution in [2.45, 2.75) is 18.5 Å². The molecule has 120 valence electrons. The van der Waals surface area contributed by atoms with Crippen LogP contribution in [0.5, 0.6) is 0 Å². The molecule has 0 spiro atoms. The third-order valence-corrected chi connectivity index (χ3v) is 4.15. The number of benzene rings is 1. The van der Waals surface area contributed by atoms with Crippen molar-refractivity contribution >= 4 is 5.91 Å². The Kier molecular flexibility index (Phi) is 4.34. The van der Waals surface area contributed by atoms with Gasteiger partial charge in [0.15, 0.2) is 11.6 Å². The molecule has 2 atom stereocenters. The van der Waals surface area contributed by atoms with Gasteiger partial charge in [-0.3, -0.25) is 14.7 Å². The van der Waals surface area contributed by atoms with Gasteiger partial charge in [0.1, 0.15) is 5.69 Å². The van der Waals surface area contributed by atoms with Gasteiger partial charge in [0.05, 0.1) is 12.1 Å². The van der Waals surface area contributed by atoms with E-state index in [2.05, 4.69) is 10.3 Å². The molecule has 1 saturated heterocycles. The van der Waals surface area contributed by atoms with Crippen LogP contribution >= 0.6 is 0 Å². The fourth-order valence-corrected chi connectivity index (χ4v) is 3.02. The Balaban J connectivity index is 1.81. The van der Waals surface area contributed by atoms with E-state index in [4.69, 9.17) is 0 Å². The maximum atomic E-state index is 13.5. The highest BCUT2D eigenvalue weighted by Gasteiger charge is 2.34. The van der Waals surface area contributed by atoms with Gasteiger partial charge in [-0.2, -0.15) is 0 Å². The van der Waals surface area contributed by atoms with Crippen LogP contribution in [-0.2, 0) is 0 Å². The molecule has 1 amide bonds. The molecule has 23 heavy (non-hydrogen) atoms. The molecule has 1 aliphatic rings. The lowest BCUT2D eigenvalue weighted by atomic mass is 9.99. The van der Waals surface area contributed by atoms with Crippen molar-refractivity contribution < 1.29 is 13.6 Å². The average molecular weight is 317 g/mol. The summed E-state index contributed by atoms with van der Waals surface area (Å²) in [4.78, 5) is 18.3. The fraction of sp³-hybridized carbons (Fsp3) is 0.294. The number of rotatable bonds is 3. The summed E-state index contributed by atoms with van der Waals surface area (Å²) in [6, 6.07) is 8.62. The molecule has 2 heterocycles. The third kappa shape index (κ3) is 3.22. The SMILES string of the molecule is CN1CC[C@H](NC(=O)c2ccccn2)[C@H]1c1ccc(F)c(F)c1. The second-order valence-corrected chi connectivity index (χ2v) is 5.68. The number of halogens is 2. The summed E-state index contributed by atoms with van der Waals surface area (Å²) in [5.41, 5.74) is 0.987. The molecule has 0 aliphatic carbocycles. The summed E-state index contributed by atoms with van der Waals surface area (Å²) in [6.45, 7) is 0.761. The molecule has 4 nitrogen and oxygen atoms in total. The van der Waals surface area contributed by atoms with Gasteiger partial charge in [0, 0.05) is 12.7 Å². The largest absolute Gasteiger partial charge is 0.346 e. The number of aromatic nitrogens is 1. The zero-order valence-electron chi connectivity index (χ0n) is 12.7. The van der Waals surface area contributed by atoms with Crippen LogP contribution in [0.15, 0.2) is 42.6 Å². The zero-order valence-corrected chi connectivity index (χ0v) is 12.7. The van der Waals surface area contributed by atoms with Gasteiger partial charge in [-0.15, -0.1) is 0 Å². The highest BCUT2D eigenvalue weighted by Crippen LogP contribution is 2.31. The molecule has 0 saturated carbocycles. The van der Waals surface area contributed by atoms with E-state index in [0.29, 0.717) is 11.3 Å². The molecule has 0 bridgehead atoms. The van der Waals surface area contributed by atoms with Gasteiger partial charge in [0.2, 0.25) is 0 Å². The fourth-order valence-electron chi connectivity index (χ4n) is 3.02. The van der Waals surface area contributed by atoms with Crippen LogP contribution in [0, 0.1) is 11.6 Å². The van der Waals surface area contributed by atoms with Crippen LogP contribution in [0.25, 0.3) is 0 Å². The van der Waals surface area contributed by atoms with Crippen LogP contribution in [-0.4, -0.2) is 35.4 Å². The first-order valence-corrected chi connectivity index (χ1v) is 7.43. The zero-order chi connectivity index (χ0) is 16.4. The number of carbonyl (C=O) groups is 1. The topological polar surface area (TPSA) is 45.2 Å². The number of nitrogens with zero attached hydrogens (tertiary/aromatic N) is 2. The molecule has 1 aromatic heterocycles. The highest BCUT2D eigenvalue weighted by atomic mass is 19.2. The molecule has 6 heteroatoms. The van der Waals surface area contributed by atoms with Gasteiger partial charge in [-0.1, -0.05) is 12.1 Å². The van der Waals surface area contributed by atoms with Crippen LogP contribution in [0.4, 0.5) is 8.78 Å². The molecular weight excluding hydrogens is 300 g/mol. The highest BCUT2D eigenvalue weighted by molar-refractivity contribution is 5.92. The van der Waals surface area contributed by atoms with Gasteiger partial charge in [-0.25, -0.2) is 8.78 Å². The first-order valence-electron chi connectivity index (χ1n) is 7.43. The Morgan fingerprint density at radius 3 is 2.78 bits per heavy atom. The molecule has 1 aromatic carbocycles. The standard InChI is InChI=1S/C17H17F2N3O/c1-22-9-7-14(21-17(23)15-4-2-3-8-20-15)16(22)11-5-6-12(18)13(19)10-11/h2-6,8,10,14,16H,7,9H2,1H3,(H,21,23)/t14-,16+/m0/s1. The lowest BCUT2D eigenvalue weighted by Gasteiger charge is -2.26. The third-order valence-electron chi connectivity index (χ3n) is 4.15. The first-order chi connectivity index (χ1) is 11.1. The van der Waals surface area contributed by atoms with Crippen molar-refractivity contribution in [1.82, 2.24) is 15.2 Å². The Morgan fingerprint density at radius 1 is 1.26 bits per heavy atom. The second kappa shape index (κ2) is 6.42. The lowest BCUT2D eigenvalue weighted by molar-refractivity contribution is 0.0922. The maximum absolute atomic E-state index is 13.5. The van der Waals surface area contributed by atoms with Crippen molar-refractivity contribution in [2.24, 2.45) is 0 Å². The molecule has 0 unspecified atom stereocenters. The van der Waals surface area contributed by atoms with Crippen LogP contribution < -0.4 is 5.32 Å². The van der Waals surface area contributed by atoms with E-state index in [0.717, 1.165) is 19.0 Å². The number of likely N-dealkylation sites (tertiary alicyclic amines) is 1. The van der Waals surface area contributed by atoms with Crippen molar-refractivity contribution in [1.29, 1.82) is 0 Å². The van der Waals surface area contributed by atoms with E-state index in [1.54, 1.807) is 30.5 Å². The number of pyridine rings is 1. The first kappa shape index (κ1) is 15.6. The average Bonchev–Trinajstić information content (AvgIpc) is 2.91. The van der Waals surface area contributed by atoms with E-state index in [1.165, 1.54) is 6.07 Å². The summed E-state index contributed by atoms with van der Waals surface area (Å²) >= 11 is 0. The summed E-state index contributed by atoms with van der Waals surface area (Å²) in [6.07, 6.45) is 2.29. The van der Waals surface area contributed by atoms with Crippen LogP contribution in [0.3, 0.4) is 0 Å². The summed E-state index contributed by atoms with van der Waals surface area (Å²) in [5.74, 6) is -2.01. The summed E-state index contributed by atoms with van der Waals surface area (Å²) in [5, 5.41) is 2.95. The number of hydrogen-bond donors (Lipinski definition) is 1. The monoisotopic (exact) mass is 317 g/mol. The van der Waals surface area contributed by atoms with Crippen molar-refractivity contribution in [2.75, 3.05) is 13.6 Å². The van der Waals surface area contributed by atoms with Crippen LogP contribution in [0.2, 0.25) is 0 Å². The Hall–Kier alpha value is -2.34. The number of hydrogen-bond acceptors (Lipinski definition) is 3. The smallest absolute Gasteiger partial charge is 0.270 e. The van der Waals surface area contributed by atoms with Crippen molar-refractivity contribution in [3.8, 4) is 0 Å². The van der Waals surface area contributed by atoms with Gasteiger partial charge < -0.3 is 5.32 Å². The molecule has 0 radical (unpaired) electrons. The predicted octanol–water partition coefficient (Wildman–Crippen LogP) is 2.54. The number of nitrogens with one attached hydrogen (secondary N) is 1. The normalized spacial score (nSPS) is 21.3. The molecule has 3 rings (SSSR count). The maximum Gasteiger partial charge on any atom is 0.270 e. The van der Waals surface area contributed by atoms with Crippen molar-refractivity contribution in [3.05, 3.63) is 65.5 Å². The second-order valence-electron chi connectivity index (χ2n) is 5.68. The minimum Gasteiger partial charge on any atom is -0.346 e. The number of amides is 1. The van der Waals surface area contributed by atoms with E-state index < -0.39 is 11.6 Å².